The van der Waals surface area contributed by atoms with Gasteiger partial charge in [-0.25, -0.2) is 13.6 Å². The maximum atomic E-state index is 13.0. The van der Waals surface area contributed by atoms with Crippen LogP contribution in [0.4, 0.5) is 13.6 Å². The molecule has 2 aliphatic heterocycles. The molecule has 0 bridgehead atoms. The van der Waals surface area contributed by atoms with Crippen molar-refractivity contribution in [3.05, 3.63) is 52.5 Å². The molecule has 2 aliphatic rings. The minimum Gasteiger partial charge on any atom is -0.486 e. The number of nitrogens with one attached hydrogen (secondary N) is 1. The number of rotatable bonds is 4. The maximum Gasteiger partial charge on any atom is 0.404 e. The predicted octanol–water partition coefficient (Wildman–Crippen LogP) is 3.67. The van der Waals surface area contributed by atoms with Crippen molar-refractivity contribution in [2.75, 3.05) is 19.6 Å². The van der Waals surface area contributed by atoms with E-state index < -0.39 is 31.0 Å². The van der Waals surface area contributed by atoms with Crippen LogP contribution in [-0.4, -0.2) is 53.7 Å². The summed E-state index contributed by atoms with van der Waals surface area (Å²) in [5.74, 6) is -2.71. The molecule has 0 radical (unpaired) electrons. The van der Waals surface area contributed by atoms with Crippen molar-refractivity contribution in [2.24, 2.45) is 0 Å². The zero-order valence-corrected chi connectivity index (χ0v) is 15.9. The van der Waals surface area contributed by atoms with Crippen LogP contribution < -0.4 is 10.1 Å². The molecule has 9 heteroatoms. The van der Waals surface area contributed by atoms with Crippen LogP contribution in [0.15, 0.2) is 36.4 Å². The minimum absolute atomic E-state index is 0.133. The topological polar surface area (TPSA) is 78.9 Å². The van der Waals surface area contributed by atoms with Crippen molar-refractivity contribution in [3.63, 3.8) is 0 Å². The lowest BCUT2D eigenvalue weighted by atomic mass is 9.95. The van der Waals surface area contributed by atoms with Crippen LogP contribution in [0.5, 0.6) is 5.75 Å². The highest BCUT2D eigenvalue weighted by Gasteiger charge is 2.46. The predicted molar refractivity (Wildman–Crippen MR) is 102 cm³/mol. The third kappa shape index (κ3) is 3.85. The monoisotopic (exact) mass is 422 g/mol. The number of amides is 2. The quantitative estimate of drug-likeness (QED) is 0.788. The molecule has 2 amide bonds. The Bertz CT molecular complexity index is 973. The van der Waals surface area contributed by atoms with E-state index in [1.165, 1.54) is 0 Å². The second-order valence-electron chi connectivity index (χ2n) is 7.13. The van der Waals surface area contributed by atoms with E-state index in [0.29, 0.717) is 22.8 Å². The molecule has 1 atom stereocenters. The first kappa shape index (κ1) is 19.4. The summed E-state index contributed by atoms with van der Waals surface area (Å²) in [4.78, 5) is 24.1. The van der Waals surface area contributed by atoms with E-state index in [1.54, 1.807) is 30.3 Å². The lowest BCUT2D eigenvalue weighted by molar-refractivity contribution is -0.113. The molecule has 0 aliphatic carbocycles. The summed E-state index contributed by atoms with van der Waals surface area (Å²) in [5, 5.41) is 11.5. The number of nitrogens with zero attached hydrogens (tertiary/aromatic N) is 1. The highest BCUT2D eigenvalue weighted by atomic mass is 35.5. The number of benzene rings is 2. The number of alkyl halides is 2. The minimum atomic E-state index is -2.80. The molecule has 2 aromatic rings. The fourth-order valence-electron chi connectivity index (χ4n) is 3.58. The van der Waals surface area contributed by atoms with Crippen LogP contribution in [-0.2, 0) is 6.42 Å². The van der Waals surface area contributed by atoms with Gasteiger partial charge in [0.2, 0.25) is 0 Å². The summed E-state index contributed by atoms with van der Waals surface area (Å²) in [6, 6.07) is 10.2. The Kier molecular flexibility index (Phi) is 4.82. The number of halogens is 3. The molecule has 0 spiro atoms. The zero-order valence-electron chi connectivity index (χ0n) is 15.1. The number of hydrogen-bond acceptors (Lipinski definition) is 3. The number of carboxylic acid groups (broad SMARTS) is 1. The van der Waals surface area contributed by atoms with Gasteiger partial charge in [0.15, 0.2) is 0 Å². The fourth-order valence-corrected chi connectivity index (χ4v) is 3.80. The summed E-state index contributed by atoms with van der Waals surface area (Å²) >= 11 is 6.23. The number of hydrogen-bond donors (Lipinski definition) is 2. The van der Waals surface area contributed by atoms with Gasteiger partial charge in [0.05, 0.1) is 24.7 Å². The first-order valence-corrected chi connectivity index (χ1v) is 9.34. The smallest absolute Gasteiger partial charge is 0.404 e. The average Bonchev–Trinajstić information content (AvgIpc) is 3.09. The molecule has 1 saturated heterocycles. The Hall–Kier alpha value is -2.87. The number of fused-ring (bicyclic) bond motifs is 1. The molecule has 2 aromatic carbocycles. The fraction of sp³-hybridized carbons (Fsp3) is 0.300. The van der Waals surface area contributed by atoms with Crippen LogP contribution in [0.25, 0.3) is 11.1 Å². The largest absolute Gasteiger partial charge is 0.486 e. The van der Waals surface area contributed by atoms with Gasteiger partial charge >= 0.3 is 6.09 Å². The van der Waals surface area contributed by atoms with Crippen molar-refractivity contribution in [1.82, 2.24) is 10.2 Å². The Morgan fingerprint density at radius 1 is 1.21 bits per heavy atom. The van der Waals surface area contributed by atoms with Gasteiger partial charge in [-0.1, -0.05) is 29.8 Å². The van der Waals surface area contributed by atoms with Gasteiger partial charge in [0.25, 0.3) is 11.8 Å². The lowest BCUT2D eigenvalue weighted by Crippen LogP contribution is -2.58. The average molecular weight is 423 g/mol. The Balaban J connectivity index is 1.54. The normalized spacial score (nSPS) is 19.1. The van der Waals surface area contributed by atoms with Gasteiger partial charge in [-0.2, -0.15) is 0 Å². The number of carbonyl (C=O) groups excluding carboxylic acids is 1. The highest BCUT2D eigenvalue weighted by molar-refractivity contribution is 6.32. The van der Waals surface area contributed by atoms with Crippen LogP contribution in [0, 0.1) is 0 Å². The van der Waals surface area contributed by atoms with Gasteiger partial charge in [-0.3, -0.25) is 4.79 Å². The molecule has 4 rings (SSSR count). The molecule has 1 unspecified atom stereocenters. The van der Waals surface area contributed by atoms with Crippen molar-refractivity contribution in [3.8, 4) is 16.9 Å². The van der Waals surface area contributed by atoms with E-state index in [2.05, 4.69) is 5.32 Å². The SMILES string of the molecule is O=C(O)NCC1Cc2c(-c3ccc(C(=O)N4CC(F)(F)C4)cc3)ccc(Cl)c2O1. The second kappa shape index (κ2) is 7.18. The summed E-state index contributed by atoms with van der Waals surface area (Å²) in [7, 11) is 0. The summed E-state index contributed by atoms with van der Waals surface area (Å²) in [6.45, 7) is -0.976. The Morgan fingerprint density at radius 2 is 1.90 bits per heavy atom. The van der Waals surface area contributed by atoms with Crippen molar-refractivity contribution >= 4 is 23.6 Å². The third-order valence-electron chi connectivity index (χ3n) is 4.98. The Labute approximate surface area is 170 Å². The molecular weight excluding hydrogens is 406 g/mol. The van der Waals surface area contributed by atoms with E-state index in [-0.39, 0.29) is 12.6 Å². The molecule has 2 heterocycles. The maximum absolute atomic E-state index is 13.0. The van der Waals surface area contributed by atoms with Crippen LogP contribution in [0.3, 0.4) is 0 Å². The first-order chi connectivity index (χ1) is 13.7. The van der Waals surface area contributed by atoms with E-state index in [0.717, 1.165) is 21.6 Å². The zero-order chi connectivity index (χ0) is 20.8. The molecule has 1 fully saturated rings. The van der Waals surface area contributed by atoms with Gasteiger partial charge in [0.1, 0.15) is 11.9 Å². The van der Waals surface area contributed by atoms with E-state index >= 15 is 0 Å². The number of carbonyl (C=O) groups is 2. The van der Waals surface area contributed by atoms with Gasteiger partial charge in [0, 0.05) is 17.5 Å². The molecule has 152 valence electrons. The van der Waals surface area contributed by atoms with Crippen LogP contribution in [0.2, 0.25) is 5.02 Å². The van der Waals surface area contributed by atoms with Crippen LogP contribution in [0.1, 0.15) is 15.9 Å². The summed E-state index contributed by atoms with van der Waals surface area (Å²) < 4.78 is 31.8. The van der Waals surface area contributed by atoms with Crippen molar-refractivity contribution < 1.29 is 28.2 Å². The number of likely N-dealkylation sites (tertiary alicyclic amines) is 1. The summed E-state index contributed by atoms with van der Waals surface area (Å²) in [6.07, 6.45) is -1.01. The van der Waals surface area contributed by atoms with Gasteiger partial charge in [-0.05, 0) is 29.3 Å². The molecule has 0 aromatic heterocycles. The standard InChI is InChI=1S/C20H17ClF2N2O4/c21-16-6-5-14(15-7-13(29-17(15)16)8-24-19(27)28)11-1-3-12(4-2-11)18(26)25-9-20(22,23)10-25/h1-6,13,24H,7-10H2,(H,27,28). The molecule has 6 nitrogen and oxygen atoms in total. The number of ether oxygens (including phenoxy) is 1. The van der Waals surface area contributed by atoms with Crippen molar-refractivity contribution in [2.45, 2.75) is 18.4 Å². The molecule has 29 heavy (non-hydrogen) atoms. The van der Waals surface area contributed by atoms with Gasteiger partial charge < -0.3 is 20.1 Å². The molecule has 0 saturated carbocycles. The van der Waals surface area contributed by atoms with Gasteiger partial charge in [-0.15, -0.1) is 0 Å². The molecule has 2 N–H and O–H groups in total. The lowest BCUT2D eigenvalue weighted by Gasteiger charge is -2.38. The van der Waals surface area contributed by atoms with E-state index in [4.69, 9.17) is 21.4 Å². The van der Waals surface area contributed by atoms with Crippen LogP contribution >= 0.6 is 11.6 Å². The van der Waals surface area contributed by atoms with Crippen molar-refractivity contribution in [1.29, 1.82) is 0 Å². The summed E-state index contributed by atoms with van der Waals surface area (Å²) in [5.41, 5.74) is 2.88. The second-order valence-corrected chi connectivity index (χ2v) is 7.53. The first-order valence-electron chi connectivity index (χ1n) is 8.96. The Morgan fingerprint density at radius 3 is 2.52 bits per heavy atom. The highest BCUT2D eigenvalue weighted by Crippen LogP contribution is 2.42. The van der Waals surface area contributed by atoms with E-state index in [9.17, 15) is 18.4 Å². The third-order valence-corrected chi connectivity index (χ3v) is 5.28. The molecular formula is C20H17ClF2N2O4. The van der Waals surface area contributed by atoms with E-state index in [1.807, 2.05) is 6.07 Å².